The minimum atomic E-state index is -0.379. The van der Waals surface area contributed by atoms with Crippen molar-refractivity contribution >= 4 is 22.6 Å². The SMILES string of the molecule is CCCCCCCCCCCC[N+](C)(C)CCOC(=O)Nc1cccc2ccccc12. The molecule has 0 unspecified atom stereocenters. The maximum Gasteiger partial charge on any atom is 0.411 e. The van der Waals surface area contributed by atoms with Crippen molar-refractivity contribution in [2.45, 2.75) is 71.1 Å². The number of hydrogen-bond donors (Lipinski definition) is 1. The molecule has 0 saturated carbocycles. The van der Waals surface area contributed by atoms with Crippen molar-refractivity contribution in [2.75, 3.05) is 39.1 Å². The van der Waals surface area contributed by atoms with E-state index in [1.165, 1.54) is 64.2 Å². The number of carbonyl (C=O) groups is 1. The molecule has 0 spiro atoms. The molecule has 0 aliphatic heterocycles. The van der Waals surface area contributed by atoms with Gasteiger partial charge in [-0.1, -0.05) is 94.7 Å². The van der Waals surface area contributed by atoms with Crippen molar-refractivity contribution in [3.63, 3.8) is 0 Å². The first kappa shape index (κ1) is 25.2. The Labute approximate surface area is 189 Å². The number of fused-ring (bicyclic) bond motifs is 1. The van der Waals surface area contributed by atoms with Crippen molar-refractivity contribution in [2.24, 2.45) is 0 Å². The first-order chi connectivity index (χ1) is 15.0. The number of carbonyl (C=O) groups excluding carboxylic acids is 1. The number of rotatable bonds is 15. The number of ether oxygens (including phenoxy) is 1. The zero-order chi connectivity index (χ0) is 22.4. The van der Waals surface area contributed by atoms with E-state index in [-0.39, 0.29) is 6.09 Å². The van der Waals surface area contributed by atoms with Crippen LogP contribution in [0.4, 0.5) is 10.5 Å². The third-order valence-corrected chi connectivity index (χ3v) is 6.07. The van der Waals surface area contributed by atoms with E-state index in [1.54, 1.807) is 0 Å². The van der Waals surface area contributed by atoms with Gasteiger partial charge >= 0.3 is 6.09 Å². The summed E-state index contributed by atoms with van der Waals surface area (Å²) in [4.78, 5) is 12.2. The van der Waals surface area contributed by atoms with Gasteiger partial charge in [-0.25, -0.2) is 4.79 Å². The lowest BCUT2D eigenvalue weighted by Gasteiger charge is -2.29. The van der Waals surface area contributed by atoms with Crippen molar-refractivity contribution in [1.82, 2.24) is 0 Å². The average Bonchev–Trinajstić information content (AvgIpc) is 2.75. The molecule has 0 aliphatic carbocycles. The molecule has 0 fully saturated rings. The van der Waals surface area contributed by atoms with Gasteiger partial charge in [0.25, 0.3) is 0 Å². The number of amides is 1. The highest BCUT2D eigenvalue weighted by Gasteiger charge is 2.16. The molecule has 0 saturated heterocycles. The fraction of sp³-hybridized carbons (Fsp3) is 0.593. The highest BCUT2D eigenvalue weighted by Crippen LogP contribution is 2.23. The first-order valence-electron chi connectivity index (χ1n) is 12.3. The second-order valence-electron chi connectivity index (χ2n) is 9.35. The molecular weight excluding hydrogens is 384 g/mol. The minimum Gasteiger partial charge on any atom is -0.443 e. The Morgan fingerprint density at radius 3 is 2.13 bits per heavy atom. The van der Waals surface area contributed by atoms with Crippen LogP contribution in [0.2, 0.25) is 0 Å². The number of nitrogens with zero attached hydrogens (tertiary/aromatic N) is 1. The van der Waals surface area contributed by atoms with E-state index in [0.717, 1.165) is 34.0 Å². The van der Waals surface area contributed by atoms with E-state index in [4.69, 9.17) is 4.74 Å². The van der Waals surface area contributed by atoms with Gasteiger partial charge in [0.1, 0.15) is 13.2 Å². The smallest absolute Gasteiger partial charge is 0.411 e. The summed E-state index contributed by atoms with van der Waals surface area (Å²) in [5.41, 5.74) is 0.794. The van der Waals surface area contributed by atoms with Crippen LogP contribution in [0.1, 0.15) is 71.1 Å². The molecule has 4 heteroatoms. The van der Waals surface area contributed by atoms with E-state index in [2.05, 4.69) is 26.3 Å². The van der Waals surface area contributed by atoms with E-state index >= 15 is 0 Å². The molecule has 2 rings (SSSR count). The second-order valence-corrected chi connectivity index (χ2v) is 9.35. The van der Waals surface area contributed by atoms with Crippen LogP contribution in [0.5, 0.6) is 0 Å². The zero-order valence-electron chi connectivity index (χ0n) is 20.0. The summed E-state index contributed by atoms with van der Waals surface area (Å²) in [6, 6.07) is 13.9. The number of hydrogen-bond acceptors (Lipinski definition) is 2. The van der Waals surface area contributed by atoms with Crippen LogP contribution in [0, 0.1) is 0 Å². The lowest BCUT2D eigenvalue weighted by molar-refractivity contribution is -0.890. The third kappa shape index (κ3) is 10.2. The van der Waals surface area contributed by atoms with E-state index in [9.17, 15) is 4.79 Å². The largest absolute Gasteiger partial charge is 0.443 e. The van der Waals surface area contributed by atoms with Crippen molar-refractivity contribution in [1.29, 1.82) is 0 Å². The third-order valence-electron chi connectivity index (χ3n) is 6.07. The molecule has 0 aromatic heterocycles. The number of likely N-dealkylation sites (N-methyl/N-ethyl adjacent to an activating group) is 1. The fourth-order valence-corrected chi connectivity index (χ4v) is 4.00. The molecule has 1 amide bonds. The maximum absolute atomic E-state index is 12.2. The standard InChI is InChI=1S/C27H42N2O2/c1-4-5-6-7-8-9-10-11-12-15-21-29(2,3)22-23-31-27(30)28-26-20-16-18-24-17-13-14-19-25(24)26/h13-14,16-20H,4-12,15,21-23H2,1-3H3/p+1. The predicted octanol–water partition coefficient (Wildman–Crippen LogP) is 7.39. The van der Waals surface area contributed by atoms with Gasteiger partial charge in [0.2, 0.25) is 0 Å². The summed E-state index contributed by atoms with van der Waals surface area (Å²) in [5.74, 6) is 0. The van der Waals surface area contributed by atoms with Gasteiger partial charge in [-0.05, 0) is 24.3 Å². The summed E-state index contributed by atoms with van der Waals surface area (Å²) < 4.78 is 6.35. The molecule has 0 aliphatic rings. The predicted molar refractivity (Wildman–Crippen MR) is 133 cm³/mol. The van der Waals surface area contributed by atoms with Gasteiger partial charge < -0.3 is 9.22 Å². The number of benzene rings is 2. The molecule has 172 valence electrons. The van der Waals surface area contributed by atoms with Crippen LogP contribution >= 0.6 is 0 Å². The van der Waals surface area contributed by atoms with Gasteiger partial charge in [0.15, 0.2) is 0 Å². The lowest BCUT2D eigenvalue weighted by Crippen LogP contribution is -2.43. The topological polar surface area (TPSA) is 38.3 Å². The molecule has 31 heavy (non-hydrogen) atoms. The Morgan fingerprint density at radius 2 is 1.42 bits per heavy atom. The highest BCUT2D eigenvalue weighted by molar-refractivity contribution is 6.00. The number of quaternary nitrogens is 1. The monoisotopic (exact) mass is 427 g/mol. The molecule has 0 bridgehead atoms. The zero-order valence-corrected chi connectivity index (χ0v) is 20.0. The molecule has 4 nitrogen and oxygen atoms in total. The van der Waals surface area contributed by atoms with Gasteiger partial charge in [0.05, 0.1) is 26.3 Å². The van der Waals surface area contributed by atoms with Crippen LogP contribution in [-0.4, -0.2) is 44.4 Å². The average molecular weight is 428 g/mol. The van der Waals surface area contributed by atoms with Crippen molar-refractivity contribution < 1.29 is 14.0 Å². The summed E-state index contributed by atoms with van der Waals surface area (Å²) in [5, 5.41) is 5.02. The van der Waals surface area contributed by atoms with Gasteiger partial charge in [-0.2, -0.15) is 0 Å². The molecule has 0 radical (unpaired) electrons. The summed E-state index contributed by atoms with van der Waals surface area (Å²) in [7, 11) is 4.44. The molecular formula is C27H43N2O2+. The van der Waals surface area contributed by atoms with Gasteiger partial charge in [-0.15, -0.1) is 0 Å². The quantitative estimate of drug-likeness (QED) is 0.238. The molecule has 2 aromatic rings. The summed E-state index contributed by atoms with van der Waals surface area (Å²) >= 11 is 0. The van der Waals surface area contributed by atoms with Crippen LogP contribution < -0.4 is 5.32 Å². The van der Waals surface area contributed by atoms with Crippen LogP contribution in [-0.2, 0) is 4.74 Å². The lowest BCUT2D eigenvalue weighted by atomic mass is 10.1. The number of unbranched alkanes of at least 4 members (excludes halogenated alkanes) is 9. The second kappa shape index (κ2) is 14.1. The van der Waals surface area contributed by atoms with Crippen LogP contribution in [0.15, 0.2) is 42.5 Å². The van der Waals surface area contributed by atoms with E-state index < -0.39 is 0 Å². The maximum atomic E-state index is 12.2. The highest BCUT2D eigenvalue weighted by atomic mass is 16.5. The summed E-state index contributed by atoms with van der Waals surface area (Å²) in [6.45, 7) is 4.67. The Balaban J connectivity index is 1.56. The Bertz CT molecular complexity index is 767. The normalized spacial score (nSPS) is 11.6. The Kier molecular flexibility index (Phi) is 11.4. The van der Waals surface area contributed by atoms with Crippen molar-refractivity contribution in [3.05, 3.63) is 42.5 Å². The van der Waals surface area contributed by atoms with Crippen LogP contribution in [0.25, 0.3) is 10.8 Å². The number of nitrogens with one attached hydrogen (secondary N) is 1. The Morgan fingerprint density at radius 1 is 0.806 bits per heavy atom. The van der Waals surface area contributed by atoms with Crippen molar-refractivity contribution in [3.8, 4) is 0 Å². The van der Waals surface area contributed by atoms with Crippen LogP contribution in [0.3, 0.4) is 0 Å². The van der Waals surface area contributed by atoms with Gasteiger partial charge in [0, 0.05) is 5.39 Å². The summed E-state index contributed by atoms with van der Waals surface area (Å²) in [6.07, 6.45) is 13.2. The fourth-order valence-electron chi connectivity index (χ4n) is 4.00. The molecule has 0 heterocycles. The molecule has 1 N–H and O–H groups in total. The Hall–Kier alpha value is -2.07. The van der Waals surface area contributed by atoms with Gasteiger partial charge in [-0.3, -0.25) is 5.32 Å². The minimum absolute atomic E-state index is 0.379. The molecule has 0 atom stereocenters. The van der Waals surface area contributed by atoms with E-state index in [1.807, 2.05) is 42.5 Å². The van der Waals surface area contributed by atoms with E-state index in [0.29, 0.717) is 6.61 Å². The number of anilines is 1. The first-order valence-corrected chi connectivity index (χ1v) is 12.3. The molecule has 2 aromatic carbocycles.